The number of methoxy groups -OCH3 is 1. The molecule has 1 unspecified atom stereocenters. The lowest BCUT2D eigenvalue weighted by Gasteiger charge is -2.28. The van der Waals surface area contributed by atoms with Gasteiger partial charge in [0.05, 0.1) is 11.1 Å². The summed E-state index contributed by atoms with van der Waals surface area (Å²) in [7, 11) is 1.67. The highest BCUT2D eigenvalue weighted by atomic mass is 79.9. The van der Waals surface area contributed by atoms with Gasteiger partial charge in [-0.15, -0.1) is 0 Å². The SMILES string of the molecule is COCCOc1ccc(C(N)C2CCCCC2)cc1Br. The summed E-state index contributed by atoms with van der Waals surface area (Å²) in [6.07, 6.45) is 6.50. The highest BCUT2D eigenvalue weighted by Crippen LogP contribution is 2.35. The Balaban J connectivity index is 1.99. The first kappa shape index (κ1) is 15.8. The zero-order valence-corrected chi connectivity index (χ0v) is 13.7. The molecule has 1 aromatic rings. The molecule has 0 saturated heterocycles. The number of ether oxygens (including phenoxy) is 2. The van der Waals surface area contributed by atoms with E-state index in [0.717, 1.165) is 10.2 Å². The van der Waals surface area contributed by atoms with E-state index in [2.05, 4.69) is 28.1 Å². The third-order valence-electron chi connectivity index (χ3n) is 4.04. The summed E-state index contributed by atoms with van der Waals surface area (Å²) in [4.78, 5) is 0. The molecule has 1 atom stereocenters. The van der Waals surface area contributed by atoms with Gasteiger partial charge in [-0.2, -0.15) is 0 Å². The maximum Gasteiger partial charge on any atom is 0.133 e. The summed E-state index contributed by atoms with van der Waals surface area (Å²) >= 11 is 3.57. The Bertz CT molecular complexity index is 419. The number of benzene rings is 1. The molecule has 4 heteroatoms. The molecule has 0 radical (unpaired) electrons. The Kier molecular flexibility index (Phi) is 6.33. The maximum absolute atomic E-state index is 6.43. The molecule has 1 aliphatic carbocycles. The van der Waals surface area contributed by atoms with Gasteiger partial charge in [0.25, 0.3) is 0 Å². The van der Waals surface area contributed by atoms with Crippen LogP contribution in [0.2, 0.25) is 0 Å². The van der Waals surface area contributed by atoms with E-state index in [0.29, 0.717) is 19.1 Å². The molecule has 0 amide bonds. The number of halogens is 1. The predicted octanol–water partition coefficient (Wildman–Crippen LogP) is 4.05. The molecule has 1 aromatic carbocycles. The second-order valence-electron chi connectivity index (χ2n) is 5.45. The summed E-state index contributed by atoms with van der Waals surface area (Å²) in [5.74, 6) is 1.47. The van der Waals surface area contributed by atoms with E-state index in [1.54, 1.807) is 7.11 Å². The van der Waals surface area contributed by atoms with Gasteiger partial charge in [-0.05, 0) is 52.4 Å². The van der Waals surface area contributed by atoms with E-state index < -0.39 is 0 Å². The fourth-order valence-corrected chi connectivity index (χ4v) is 3.35. The van der Waals surface area contributed by atoms with Crippen molar-refractivity contribution in [1.29, 1.82) is 0 Å². The summed E-state index contributed by atoms with van der Waals surface area (Å²) in [6.45, 7) is 1.15. The van der Waals surface area contributed by atoms with Crippen LogP contribution in [0, 0.1) is 5.92 Å². The lowest BCUT2D eigenvalue weighted by Crippen LogP contribution is -2.23. The topological polar surface area (TPSA) is 44.5 Å². The summed E-state index contributed by atoms with van der Waals surface area (Å²) in [5.41, 5.74) is 7.63. The van der Waals surface area contributed by atoms with E-state index in [1.807, 2.05) is 6.07 Å². The van der Waals surface area contributed by atoms with Crippen molar-refractivity contribution in [1.82, 2.24) is 0 Å². The lowest BCUT2D eigenvalue weighted by atomic mass is 9.81. The second kappa shape index (κ2) is 8.01. The van der Waals surface area contributed by atoms with Crippen molar-refractivity contribution < 1.29 is 9.47 Å². The fraction of sp³-hybridized carbons (Fsp3) is 0.625. The van der Waals surface area contributed by atoms with Gasteiger partial charge in [-0.1, -0.05) is 25.3 Å². The van der Waals surface area contributed by atoms with E-state index in [-0.39, 0.29) is 6.04 Å². The Hall–Kier alpha value is -0.580. The monoisotopic (exact) mass is 341 g/mol. The quantitative estimate of drug-likeness (QED) is 0.793. The minimum Gasteiger partial charge on any atom is -0.490 e. The van der Waals surface area contributed by atoms with Crippen LogP contribution < -0.4 is 10.5 Å². The van der Waals surface area contributed by atoms with E-state index in [4.69, 9.17) is 15.2 Å². The average molecular weight is 342 g/mol. The highest BCUT2D eigenvalue weighted by Gasteiger charge is 2.22. The van der Waals surface area contributed by atoms with E-state index in [9.17, 15) is 0 Å². The van der Waals surface area contributed by atoms with Gasteiger partial charge in [0.2, 0.25) is 0 Å². The van der Waals surface area contributed by atoms with Gasteiger partial charge in [0.15, 0.2) is 0 Å². The number of hydrogen-bond donors (Lipinski definition) is 1. The molecule has 0 aromatic heterocycles. The molecule has 20 heavy (non-hydrogen) atoms. The van der Waals surface area contributed by atoms with Crippen LogP contribution in [0.5, 0.6) is 5.75 Å². The number of rotatable bonds is 6. The predicted molar refractivity (Wildman–Crippen MR) is 85.0 cm³/mol. The second-order valence-corrected chi connectivity index (χ2v) is 6.31. The normalized spacial score (nSPS) is 17.9. The zero-order valence-electron chi connectivity index (χ0n) is 12.1. The van der Waals surface area contributed by atoms with Crippen molar-refractivity contribution in [3.8, 4) is 5.75 Å². The van der Waals surface area contributed by atoms with Gasteiger partial charge in [0.1, 0.15) is 12.4 Å². The maximum atomic E-state index is 6.43. The van der Waals surface area contributed by atoms with Crippen molar-refractivity contribution in [2.45, 2.75) is 38.1 Å². The van der Waals surface area contributed by atoms with Crippen LogP contribution in [0.3, 0.4) is 0 Å². The van der Waals surface area contributed by atoms with Crippen LogP contribution in [0.15, 0.2) is 22.7 Å². The third-order valence-corrected chi connectivity index (χ3v) is 4.66. The minimum atomic E-state index is 0.139. The highest BCUT2D eigenvalue weighted by molar-refractivity contribution is 9.10. The molecule has 1 aliphatic rings. The van der Waals surface area contributed by atoms with E-state index >= 15 is 0 Å². The standard InChI is InChI=1S/C16H24BrNO2/c1-19-9-10-20-15-8-7-13(11-14(15)17)16(18)12-5-3-2-4-6-12/h7-8,11-12,16H,2-6,9-10,18H2,1H3. The molecular weight excluding hydrogens is 318 g/mol. The first-order chi connectivity index (χ1) is 9.72. The van der Waals surface area contributed by atoms with Gasteiger partial charge in [-0.3, -0.25) is 0 Å². The largest absolute Gasteiger partial charge is 0.490 e. The zero-order chi connectivity index (χ0) is 14.4. The smallest absolute Gasteiger partial charge is 0.133 e. The first-order valence-corrected chi connectivity index (χ1v) is 8.18. The Morgan fingerprint density at radius 2 is 2.00 bits per heavy atom. The van der Waals surface area contributed by atoms with Crippen LogP contribution in [0.1, 0.15) is 43.7 Å². The van der Waals surface area contributed by atoms with Crippen molar-refractivity contribution >= 4 is 15.9 Å². The molecule has 0 aliphatic heterocycles. The summed E-state index contributed by atoms with van der Waals surface area (Å²) in [5, 5.41) is 0. The first-order valence-electron chi connectivity index (χ1n) is 7.39. The van der Waals surface area contributed by atoms with Crippen molar-refractivity contribution in [2.75, 3.05) is 20.3 Å². The molecule has 0 bridgehead atoms. The van der Waals surface area contributed by atoms with Crippen LogP contribution in [0.25, 0.3) is 0 Å². The molecule has 3 nitrogen and oxygen atoms in total. The van der Waals surface area contributed by atoms with Crippen LogP contribution in [0.4, 0.5) is 0 Å². The van der Waals surface area contributed by atoms with Gasteiger partial charge in [0, 0.05) is 13.2 Å². The summed E-state index contributed by atoms with van der Waals surface area (Å²) < 4.78 is 11.6. The third kappa shape index (κ3) is 4.21. The summed E-state index contributed by atoms with van der Waals surface area (Å²) in [6, 6.07) is 6.32. The fourth-order valence-electron chi connectivity index (χ4n) is 2.84. The molecule has 2 N–H and O–H groups in total. The number of hydrogen-bond acceptors (Lipinski definition) is 3. The van der Waals surface area contributed by atoms with Crippen LogP contribution in [-0.4, -0.2) is 20.3 Å². The molecule has 1 fully saturated rings. The van der Waals surface area contributed by atoms with Gasteiger partial charge < -0.3 is 15.2 Å². The average Bonchev–Trinajstić information content (AvgIpc) is 2.49. The molecule has 112 valence electrons. The van der Waals surface area contributed by atoms with Crippen molar-refractivity contribution in [2.24, 2.45) is 11.7 Å². The molecule has 0 heterocycles. The van der Waals surface area contributed by atoms with Gasteiger partial charge in [-0.25, -0.2) is 0 Å². The van der Waals surface area contributed by atoms with Crippen molar-refractivity contribution in [3.05, 3.63) is 28.2 Å². The lowest BCUT2D eigenvalue weighted by molar-refractivity contribution is 0.146. The van der Waals surface area contributed by atoms with E-state index in [1.165, 1.54) is 37.7 Å². The van der Waals surface area contributed by atoms with Crippen LogP contribution in [-0.2, 0) is 4.74 Å². The Morgan fingerprint density at radius 1 is 1.25 bits per heavy atom. The molecular formula is C16H24BrNO2. The number of nitrogens with two attached hydrogens (primary N) is 1. The Morgan fingerprint density at radius 3 is 2.65 bits per heavy atom. The Labute approximate surface area is 130 Å². The van der Waals surface area contributed by atoms with Gasteiger partial charge >= 0.3 is 0 Å². The molecule has 1 saturated carbocycles. The van der Waals surface area contributed by atoms with Crippen molar-refractivity contribution in [3.63, 3.8) is 0 Å². The van der Waals surface area contributed by atoms with Crippen LogP contribution >= 0.6 is 15.9 Å². The minimum absolute atomic E-state index is 0.139. The molecule has 0 spiro atoms. The molecule has 2 rings (SSSR count).